The Morgan fingerprint density at radius 2 is 2.24 bits per heavy atom. The van der Waals surface area contributed by atoms with Crippen molar-refractivity contribution in [2.24, 2.45) is 0 Å². The molecule has 110 valence electrons. The molecular weight excluding hydrogens is 272 g/mol. The van der Waals surface area contributed by atoms with E-state index in [2.05, 4.69) is 10.1 Å². The van der Waals surface area contributed by atoms with E-state index in [9.17, 15) is 4.79 Å². The third-order valence-corrected chi connectivity index (χ3v) is 3.42. The summed E-state index contributed by atoms with van der Waals surface area (Å²) in [5, 5.41) is 4.00. The van der Waals surface area contributed by atoms with Crippen molar-refractivity contribution in [1.82, 2.24) is 19.7 Å². The zero-order chi connectivity index (χ0) is 14.8. The number of nitrogens with zero attached hydrogens (tertiary/aromatic N) is 4. The minimum absolute atomic E-state index is 0.0295. The molecule has 7 heteroatoms. The Balaban J connectivity index is 1.68. The average Bonchev–Trinajstić information content (AvgIpc) is 3.16. The van der Waals surface area contributed by atoms with Crippen LogP contribution >= 0.6 is 0 Å². The molecule has 1 amide bonds. The molecule has 21 heavy (non-hydrogen) atoms. The molecule has 0 N–H and O–H groups in total. The van der Waals surface area contributed by atoms with Gasteiger partial charge in [0.05, 0.1) is 0 Å². The molecular formula is C14H16N4O3. The first-order chi connectivity index (χ1) is 10.1. The van der Waals surface area contributed by atoms with Gasteiger partial charge in [-0.25, -0.2) is 9.67 Å². The highest BCUT2D eigenvalue weighted by Gasteiger charge is 2.21. The summed E-state index contributed by atoms with van der Waals surface area (Å²) in [5.74, 6) is 1.43. The normalized spacial score (nSPS) is 14.0. The smallest absolute Gasteiger partial charge is 0.247 e. The number of rotatable bonds is 4. The van der Waals surface area contributed by atoms with E-state index >= 15 is 0 Å². The molecule has 0 bridgehead atoms. The van der Waals surface area contributed by atoms with E-state index in [4.69, 9.17) is 9.47 Å². The van der Waals surface area contributed by atoms with Gasteiger partial charge in [-0.2, -0.15) is 5.10 Å². The summed E-state index contributed by atoms with van der Waals surface area (Å²) in [4.78, 5) is 17.9. The lowest BCUT2D eigenvalue weighted by Crippen LogP contribution is -2.32. The Bertz CT molecular complexity index is 642. The molecule has 0 saturated carbocycles. The summed E-state index contributed by atoms with van der Waals surface area (Å²) < 4.78 is 12.2. The fraction of sp³-hybridized carbons (Fsp3) is 0.357. The molecule has 1 aromatic carbocycles. The maximum Gasteiger partial charge on any atom is 0.247 e. The van der Waals surface area contributed by atoms with Gasteiger partial charge >= 0.3 is 0 Å². The summed E-state index contributed by atoms with van der Waals surface area (Å²) in [7, 11) is 1.76. The van der Waals surface area contributed by atoms with Crippen molar-refractivity contribution in [1.29, 1.82) is 0 Å². The van der Waals surface area contributed by atoms with Crippen molar-refractivity contribution in [3.8, 4) is 11.5 Å². The first kappa shape index (κ1) is 13.4. The average molecular weight is 288 g/mol. The van der Waals surface area contributed by atoms with Gasteiger partial charge in [-0.3, -0.25) is 4.79 Å². The van der Waals surface area contributed by atoms with E-state index < -0.39 is 0 Å². The van der Waals surface area contributed by atoms with Crippen molar-refractivity contribution in [2.45, 2.75) is 19.5 Å². The van der Waals surface area contributed by atoms with E-state index in [0.29, 0.717) is 6.54 Å². The largest absolute Gasteiger partial charge is 0.454 e. The highest BCUT2D eigenvalue weighted by atomic mass is 16.7. The maximum atomic E-state index is 12.4. The quantitative estimate of drug-likeness (QED) is 0.846. The SMILES string of the molecule is CC(C(=O)N(C)Cc1ccc2c(c1)OCO2)n1cncn1. The predicted octanol–water partition coefficient (Wildman–Crippen LogP) is 1.23. The second kappa shape index (κ2) is 5.43. The molecule has 1 unspecified atom stereocenters. The second-order valence-corrected chi connectivity index (χ2v) is 4.93. The number of benzene rings is 1. The number of hydrogen-bond acceptors (Lipinski definition) is 5. The standard InChI is InChI=1S/C14H16N4O3/c1-10(18-8-15-7-16-18)14(19)17(2)6-11-3-4-12-13(5-11)21-9-20-12/h3-5,7-8,10H,6,9H2,1-2H3. The van der Waals surface area contributed by atoms with Gasteiger partial charge in [0.15, 0.2) is 11.5 Å². The fourth-order valence-corrected chi connectivity index (χ4v) is 2.24. The summed E-state index contributed by atoms with van der Waals surface area (Å²) in [6, 6.07) is 5.30. The van der Waals surface area contributed by atoms with E-state index in [1.54, 1.807) is 23.6 Å². The molecule has 2 aromatic rings. The summed E-state index contributed by atoms with van der Waals surface area (Å²) >= 11 is 0. The lowest BCUT2D eigenvalue weighted by Gasteiger charge is -2.21. The summed E-state index contributed by atoms with van der Waals surface area (Å²) in [6.45, 7) is 2.54. The van der Waals surface area contributed by atoms with Crippen molar-refractivity contribution in [2.75, 3.05) is 13.8 Å². The molecule has 1 aliphatic heterocycles. The molecule has 0 saturated heterocycles. The fourth-order valence-electron chi connectivity index (χ4n) is 2.24. The van der Waals surface area contributed by atoms with Gasteiger partial charge in [0.1, 0.15) is 18.7 Å². The number of hydrogen-bond donors (Lipinski definition) is 0. The number of ether oxygens (including phenoxy) is 2. The molecule has 2 heterocycles. The first-order valence-electron chi connectivity index (χ1n) is 6.63. The number of carbonyl (C=O) groups excluding carboxylic acids is 1. The minimum Gasteiger partial charge on any atom is -0.454 e. The maximum absolute atomic E-state index is 12.4. The number of aromatic nitrogens is 3. The number of fused-ring (bicyclic) bond motifs is 1. The monoisotopic (exact) mass is 288 g/mol. The molecule has 0 fully saturated rings. The summed E-state index contributed by atoms with van der Waals surface area (Å²) in [6.07, 6.45) is 2.96. The van der Waals surface area contributed by atoms with Crippen molar-refractivity contribution < 1.29 is 14.3 Å². The van der Waals surface area contributed by atoms with Gasteiger partial charge < -0.3 is 14.4 Å². The third-order valence-electron chi connectivity index (χ3n) is 3.42. The van der Waals surface area contributed by atoms with Crippen LogP contribution in [0.2, 0.25) is 0 Å². The van der Waals surface area contributed by atoms with Gasteiger partial charge in [0.2, 0.25) is 12.7 Å². The zero-order valence-corrected chi connectivity index (χ0v) is 11.9. The summed E-state index contributed by atoms with van der Waals surface area (Å²) in [5.41, 5.74) is 0.987. The van der Waals surface area contributed by atoms with E-state index in [1.165, 1.54) is 12.7 Å². The number of amides is 1. The number of carbonyl (C=O) groups is 1. The Hall–Kier alpha value is -2.57. The van der Waals surface area contributed by atoms with Crippen LogP contribution in [-0.4, -0.2) is 39.4 Å². The van der Waals surface area contributed by atoms with Gasteiger partial charge in [-0.1, -0.05) is 6.07 Å². The molecule has 7 nitrogen and oxygen atoms in total. The van der Waals surface area contributed by atoms with Crippen molar-refractivity contribution in [3.63, 3.8) is 0 Å². The third kappa shape index (κ3) is 2.67. The molecule has 1 aromatic heterocycles. The lowest BCUT2D eigenvalue weighted by molar-refractivity contribution is -0.133. The van der Waals surface area contributed by atoms with Crippen LogP contribution in [0.5, 0.6) is 11.5 Å². The topological polar surface area (TPSA) is 69.5 Å². The molecule has 0 radical (unpaired) electrons. The molecule has 1 aliphatic rings. The Morgan fingerprint density at radius 3 is 3.00 bits per heavy atom. The predicted molar refractivity (Wildman–Crippen MR) is 73.8 cm³/mol. The second-order valence-electron chi connectivity index (χ2n) is 4.93. The van der Waals surface area contributed by atoms with Gasteiger partial charge in [0, 0.05) is 13.6 Å². The van der Waals surface area contributed by atoms with Crippen LogP contribution in [0.25, 0.3) is 0 Å². The van der Waals surface area contributed by atoms with Crippen LogP contribution in [0, 0.1) is 0 Å². The van der Waals surface area contributed by atoms with Crippen LogP contribution in [0.4, 0.5) is 0 Å². The first-order valence-corrected chi connectivity index (χ1v) is 6.63. The highest BCUT2D eigenvalue weighted by molar-refractivity contribution is 5.79. The minimum atomic E-state index is -0.383. The van der Waals surface area contributed by atoms with Crippen LogP contribution < -0.4 is 9.47 Å². The van der Waals surface area contributed by atoms with Crippen LogP contribution in [0.1, 0.15) is 18.5 Å². The number of likely N-dealkylation sites (N-methyl/N-ethyl adjacent to an activating group) is 1. The molecule has 1 atom stereocenters. The van der Waals surface area contributed by atoms with Crippen molar-refractivity contribution >= 4 is 5.91 Å². The van der Waals surface area contributed by atoms with Gasteiger partial charge in [0.25, 0.3) is 0 Å². The Morgan fingerprint density at radius 1 is 1.43 bits per heavy atom. The van der Waals surface area contributed by atoms with Crippen LogP contribution in [-0.2, 0) is 11.3 Å². The Kier molecular flexibility index (Phi) is 3.47. The molecule has 0 spiro atoms. The lowest BCUT2D eigenvalue weighted by atomic mass is 10.2. The van der Waals surface area contributed by atoms with Crippen molar-refractivity contribution in [3.05, 3.63) is 36.4 Å². The van der Waals surface area contributed by atoms with E-state index in [1.807, 2.05) is 18.2 Å². The zero-order valence-electron chi connectivity index (χ0n) is 11.9. The van der Waals surface area contributed by atoms with Crippen LogP contribution in [0.15, 0.2) is 30.9 Å². The van der Waals surface area contributed by atoms with E-state index in [0.717, 1.165) is 17.1 Å². The molecule has 3 rings (SSSR count). The van der Waals surface area contributed by atoms with Crippen LogP contribution in [0.3, 0.4) is 0 Å². The van der Waals surface area contributed by atoms with Gasteiger partial charge in [-0.15, -0.1) is 0 Å². The highest BCUT2D eigenvalue weighted by Crippen LogP contribution is 2.32. The molecule has 0 aliphatic carbocycles. The van der Waals surface area contributed by atoms with E-state index in [-0.39, 0.29) is 18.7 Å². The van der Waals surface area contributed by atoms with Gasteiger partial charge in [-0.05, 0) is 24.6 Å². The Labute approximate surface area is 122 Å².